The molecule has 20 heavy (non-hydrogen) atoms. The minimum absolute atomic E-state index is 0.183. The Kier molecular flexibility index (Phi) is 4.76. The molecule has 0 radical (unpaired) electrons. The van der Waals surface area contributed by atoms with Crippen LogP contribution < -0.4 is 5.32 Å². The molecule has 1 aromatic carbocycles. The Labute approximate surface area is 121 Å². The van der Waals surface area contributed by atoms with Gasteiger partial charge in [-0.05, 0) is 48.1 Å². The van der Waals surface area contributed by atoms with Crippen molar-refractivity contribution in [3.8, 4) is 5.75 Å². The number of aliphatic carboxylic acids is 1. The van der Waals surface area contributed by atoms with Crippen molar-refractivity contribution in [1.82, 2.24) is 5.32 Å². The first kappa shape index (κ1) is 14.6. The Morgan fingerprint density at radius 1 is 1.30 bits per heavy atom. The summed E-state index contributed by atoms with van der Waals surface area (Å²) in [5.74, 6) is -0.685. The van der Waals surface area contributed by atoms with Gasteiger partial charge in [0.25, 0.3) is 0 Å². The summed E-state index contributed by atoms with van der Waals surface area (Å²) in [5.41, 5.74) is 2.06. The highest BCUT2D eigenvalue weighted by atomic mass is 32.1. The SMILES string of the molecule is Cc1ccsc1CN[C@@H](Cc1ccc(O)cc1)C(=O)O. The molecule has 2 rings (SSSR count). The Morgan fingerprint density at radius 2 is 2.00 bits per heavy atom. The quantitative estimate of drug-likeness (QED) is 0.765. The number of carbonyl (C=O) groups is 1. The first-order valence-electron chi connectivity index (χ1n) is 6.33. The minimum atomic E-state index is -0.868. The van der Waals surface area contributed by atoms with Gasteiger partial charge in [-0.25, -0.2) is 0 Å². The van der Waals surface area contributed by atoms with E-state index in [1.165, 1.54) is 5.56 Å². The van der Waals surface area contributed by atoms with Crippen molar-refractivity contribution in [3.63, 3.8) is 0 Å². The maximum atomic E-state index is 11.3. The lowest BCUT2D eigenvalue weighted by atomic mass is 10.1. The van der Waals surface area contributed by atoms with Gasteiger partial charge in [0, 0.05) is 11.4 Å². The van der Waals surface area contributed by atoms with Gasteiger partial charge in [-0.2, -0.15) is 0 Å². The highest BCUT2D eigenvalue weighted by Gasteiger charge is 2.17. The number of aryl methyl sites for hydroxylation is 1. The molecule has 1 heterocycles. The van der Waals surface area contributed by atoms with Gasteiger partial charge >= 0.3 is 5.97 Å². The summed E-state index contributed by atoms with van der Waals surface area (Å²) in [7, 11) is 0. The summed E-state index contributed by atoms with van der Waals surface area (Å²) in [6.45, 7) is 2.57. The number of rotatable bonds is 6. The average molecular weight is 291 g/mol. The van der Waals surface area contributed by atoms with Crippen LogP contribution in [0.15, 0.2) is 35.7 Å². The van der Waals surface area contributed by atoms with E-state index >= 15 is 0 Å². The Morgan fingerprint density at radius 3 is 2.55 bits per heavy atom. The monoisotopic (exact) mass is 291 g/mol. The number of benzene rings is 1. The van der Waals surface area contributed by atoms with Crippen molar-refractivity contribution in [2.24, 2.45) is 0 Å². The van der Waals surface area contributed by atoms with Crippen LogP contribution in [0.4, 0.5) is 0 Å². The average Bonchev–Trinajstić information content (AvgIpc) is 2.82. The molecule has 0 aliphatic rings. The highest BCUT2D eigenvalue weighted by molar-refractivity contribution is 7.10. The van der Waals surface area contributed by atoms with Gasteiger partial charge in [0.15, 0.2) is 0 Å². The number of carboxylic acid groups (broad SMARTS) is 1. The van der Waals surface area contributed by atoms with Gasteiger partial charge in [-0.3, -0.25) is 10.1 Å². The van der Waals surface area contributed by atoms with Crippen LogP contribution in [0.1, 0.15) is 16.0 Å². The molecule has 0 saturated heterocycles. The van der Waals surface area contributed by atoms with Crippen molar-refractivity contribution < 1.29 is 15.0 Å². The number of carboxylic acids is 1. The lowest BCUT2D eigenvalue weighted by Crippen LogP contribution is -2.38. The number of aromatic hydroxyl groups is 1. The smallest absolute Gasteiger partial charge is 0.321 e. The molecule has 0 saturated carbocycles. The van der Waals surface area contributed by atoms with Gasteiger partial charge in [0.05, 0.1) is 0 Å². The minimum Gasteiger partial charge on any atom is -0.508 e. The molecule has 0 aliphatic carbocycles. The molecule has 106 valence electrons. The molecule has 4 nitrogen and oxygen atoms in total. The number of hydrogen-bond donors (Lipinski definition) is 3. The summed E-state index contributed by atoms with van der Waals surface area (Å²) in [6.07, 6.45) is 0.389. The summed E-state index contributed by atoms with van der Waals surface area (Å²) < 4.78 is 0. The predicted octanol–water partition coefficient (Wildman–Crippen LogP) is 2.55. The second-order valence-electron chi connectivity index (χ2n) is 4.67. The molecule has 2 aromatic rings. The zero-order valence-electron chi connectivity index (χ0n) is 11.2. The van der Waals surface area contributed by atoms with E-state index in [9.17, 15) is 15.0 Å². The molecule has 1 atom stereocenters. The van der Waals surface area contributed by atoms with E-state index in [2.05, 4.69) is 5.32 Å². The van der Waals surface area contributed by atoms with Gasteiger partial charge in [-0.15, -0.1) is 11.3 Å². The standard InChI is InChI=1S/C15H17NO3S/c1-10-6-7-20-14(10)9-16-13(15(18)19)8-11-2-4-12(17)5-3-11/h2-7,13,16-17H,8-9H2,1H3,(H,18,19)/t13-/m0/s1. The van der Waals surface area contributed by atoms with Crippen LogP contribution in [0.2, 0.25) is 0 Å². The Bertz CT molecular complexity index is 577. The highest BCUT2D eigenvalue weighted by Crippen LogP contribution is 2.16. The molecule has 0 aliphatic heterocycles. The maximum absolute atomic E-state index is 11.3. The van der Waals surface area contributed by atoms with E-state index in [-0.39, 0.29) is 5.75 Å². The third-order valence-corrected chi connectivity index (χ3v) is 4.17. The molecular weight excluding hydrogens is 274 g/mol. The first-order valence-corrected chi connectivity index (χ1v) is 7.21. The van der Waals surface area contributed by atoms with E-state index in [1.807, 2.05) is 18.4 Å². The van der Waals surface area contributed by atoms with Crippen LogP contribution in [0, 0.1) is 6.92 Å². The molecule has 0 amide bonds. The number of phenols is 1. The van der Waals surface area contributed by atoms with E-state index in [4.69, 9.17) is 0 Å². The summed E-state index contributed by atoms with van der Waals surface area (Å²) >= 11 is 1.62. The third-order valence-electron chi connectivity index (χ3n) is 3.15. The second-order valence-corrected chi connectivity index (χ2v) is 5.67. The van der Waals surface area contributed by atoms with Crippen LogP contribution in [0.25, 0.3) is 0 Å². The zero-order chi connectivity index (χ0) is 14.5. The van der Waals surface area contributed by atoms with Crippen LogP contribution >= 0.6 is 11.3 Å². The van der Waals surface area contributed by atoms with E-state index in [1.54, 1.807) is 35.6 Å². The van der Waals surface area contributed by atoms with Crippen molar-refractivity contribution >= 4 is 17.3 Å². The zero-order valence-corrected chi connectivity index (χ0v) is 12.0. The largest absolute Gasteiger partial charge is 0.508 e. The lowest BCUT2D eigenvalue weighted by Gasteiger charge is -2.14. The second kappa shape index (κ2) is 6.54. The van der Waals surface area contributed by atoms with Crippen LogP contribution in [0.3, 0.4) is 0 Å². The van der Waals surface area contributed by atoms with Crippen LogP contribution in [0.5, 0.6) is 5.75 Å². The first-order chi connectivity index (χ1) is 9.56. The molecular formula is C15H17NO3S. The summed E-state index contributed by atoms with van der Waals surface area (Å²) in [6, 6.07) is 8.00. The molecule has 0 spiro atoms. The topological polar surface area (TPSA) is 69.6 Å². The lowest BCUT2D eigenvalue weighted by molar-refractivity contribution is -0.139. The van der Waals surface area contributed by atoms with Crippen LogP contribution in [-0.4, -0.2) is 22.2 Å². The Balaban J connectivity index is 1.99. The van der Waals surface area contributed by atoms with Gasteiger partial charge in [0.1, 0.15) is 11.8 Å². The fraction of sp³-hybridized carbons (Fsp3) is 0.267. The number of thiophene rings is 1. The fourth-order valence-corrected chi connectivity index (χ4v) is 2.77. The summed E-state index contributed by atoms with van der Waals surface area (Å²) in [5, 5.41) is 23.6. The Hall–Kier alpha value is -1.85. The van der Waals surface area contributed by atoms with Gasteiger partial charge in [0.2, 0.25) is 0 Å². The summed E-state index contributed by atoms with van der Waals surface area (Å²) in [4.78, 5) is 12.5. The molecule has 0 bridgehead atoms. The predicted molar refractivity (Wildman–Crippen MR) is 79.1 cm³/mol. The van der Waals surface area contributed by atoms with E-state index in [0.29, 0.717) is 13.0 Å². The molecule has 1 aromatic heterocycles. The normalized spacial score (nSPS) is 12.2. The van der Waals surface area contributed by atoms with Crippen molar-refractivity contribution in [1.29, 1.82) is 0 Å². The van der Waals surface area contributed by atoms with Crippen LogP contribution in [-0.2, 0) is 17.8 Å². The van der Waals surface area contributed by atoms with Crippen molar-refractivity contribution in [2.75, 3.05) is 0 Å². The third kappa shape index (κ3) is 3.82. The molecule has 0 unspecified atom stereocenters. The van der Waals surface area contributed by atoms with E-state index in [0.717, 1.165) is 10.4 Å². The number of hydrogen-bond acceptors (Lipinski definition) is 4. The fourth-order valence-electron chi connectivity index (χ4n) is 1.92. The maximum Gasteiger partial charge on any atom is 0.321 e. The van der Waals surface area contributed by atoms with Gasteiger partial charge < -0.3 is 10.2 Å². The number of phenolic OH excluding ortho intramolecular Hbond substituents is 1. The molecule has 0 fully saturated rings. The molecule has 3 N–H and O–H groups in total. The molecule has 5 heteroatoms. The number of nitrogens with one attached hydrogen (secondary N) is 1. The van der Waals surface area contributed by atoms with Crippen molar-refractivity contribution in [2.45, 2.75) is 25.9 Å². The van der Waals surface area contributed by atoms with Gasteiger partial charge in [-0.1, -0.05) is 12.1 Å². The van der Waals surface area contributed by atoms with E-state index < -0.39 is 12.0 Å². The van der Waals surface area contributed by atoms with Crippen molar-refractivity contribution in [3.05, 3.63) is 51.7 Å².